The molecule has 1 unspecified atom stereocenters. The van der Waals surface area contributed by atoms with Crippen molar-refractivity contribution in [2.45, 2.75) is 6.10 Å². The molecule has 0 saturated carbocycles. The van der Waals surface area contributed by atoms with E-state index in [1.54, 1.807) is 0 Å². The van der Waals surface area contributed by atoms with Crippen molar-refractivity contribution in [3.05, 3.63) is 12.7 Å². The molecule has 0 spiro atoms. The van der Waals surface area contributed by atoms with E-state index in [2.05, 4.69) is 10.8 Å². The fraction of sp³-hybridized carbons (Fsp3) is 0.667. The van der Waals surface area contributed by atoms with Crippen molar-refractivity contribution in [2.75, 3.05) is 19.8 Å². The monoisotopic (exact) mass is 212 g/mol. The molecule has 13 heavy (non-hydrogen) atoms. The lowest BCUT2D eigenvalue weighted by atomic mass is 10.4. The van der Waals surface area contributed by atoms with Gasteiger partial charge in [0.1, 0.15) is 6.10 Å². The molecule has 6 nitrogen and oxygen atoms in total. The molecule has 0 aromatic heterocycles. The molecule has 0 aromatic rings. The summed E-state index contributed by atoms with van der Waals surface area (Å²) in [6.07, 6.45) is 0.649. The van der Waals surface area contributed by atoms with Crippen LogP contribution in [0.3, 0.4) is 0 Å². The van der Waals surface area contributed by atoms with E-state index in [0.717, 1.165) is 0 Å². The summed E-state index contributed by atoms with van der Waals surface area (Å²) in [4.78, 5) is 0. The number of hydrogen-bond acceptors (Lipinski definition) is 5. The standard InChI is InChI=1S/C6H12O6S/c1-2-3-11-6(4-7)5-12-13(8,9)10/h2,6-7H,1,3-5H2,(H,8,9,10). The van der Waals surface area contributed by atoms with Gasteiger partial charge >= 0.3 is 10.4 Å². The van der Waals surface area contributed by atoms with Crippen molar-refractivity contribution in [3.8, 4) is 0 Å². The second-order valence-electron chi connectivity index (χ2n) is 2.14. The summed E-state index contributed by atoms with van der Waals surface area (Å²) in [7, 11) is -4.47. The third-order valence-corrected chi connectivity index (χ3v) is 1.49. The van der Waals surface area contributed by atoms with Crippen LogP contribution in [0, 0.1) is 0 Å². The highest BCUT2D eigenvalue weighted by Crippen LogP contribution is 1.95. The van der Waals surface area contributed by atoms with Gasteiger partial charge in [0, 0.05) is 0 Å². The summed E-state index contributed by atoms with van der Waals surface area (Å²) in [5.74, 6) is 0. The van der Waals surface area contributed by atoms with Gasteiger partial charge in [-0.3, -0.25) is 4.55 Å². The molecule has 7 heteroatoms. The Hall–Kier alpha value is -0.470. The van der Waals surface area contributed by atoms with Crippen LogP contribution in [0.5, 0.6) is 0 Å². The van der Waals surface area contributed by atoms with E-state index in [9.17, 15) is 8.42 Å². The van der Waals surface area contributed by atoms with Crippen LogP contribution in [0.15, 0.2) is 12.7 Å². The Kier molecular flexibility index (Phi) is 5.84. The van der Waals surface area contributed by atoms with Gasteiger partial charge in [-0.05, 0) is 0 Å². The van der Waals surface area contributed by atoms with Crippen molar-refractivity contribution < 1.29 is 27.0 Å². The average molecular weight is 212 g/mol. The third-order valence-electron chi connectivity index (χ3n) is 1.06. The second-order valence-corrected chi connectivity index (χ2v) is 3.23. The SMILES string of the molecule is C=CCOC(CO)COS(=O)(=O)O. The summed E-state index contributed by atoms with van der Waals surface area (Å²) >= 11 is 0. The lowest BCUT2D eigenvalue weighted by Crippen LogP contribution is -2.25. The lowest BCUT2D eigenvalue weighted by Gasteiger charge is -2.12. The van der Waals surface area contributed by atoms with Gasteiger partial charge in [0.25, 0.3) is 0 Å². The molecular formula is C6H12O6S. The lowest BCUT2D eigenvalue weighted by molar-refractivity contribution is -0.00151. The second kappa shape index (κ2) is 6.06. The Morgan fingerprint density at radius 3 is 2.54 bits per heavy atom. The van der Waals surface area contributed by atoms with E-state index in [-0.39, 0.29) is 6.61 Å². The molecule has 0 aliphatic carbocycles. The van der Waals surface area contributed by atoms with Crippen molar-refractivity contribution in [2.24, 2.45) is 0 Å². The van der Waals surface area contributed by atoms with Crippen molar-refractivity contribution in [1.82, 2.24) is 0 Å². The van der Waals surface area contributed by atoms with E-state index in [1.807, 2.05) is 0 Å². The quantitative estimate of drug-likeness (QED) is 0.431. The first-order valence-electron chi connectivity index (χ1n) is 3.44. The van der Waals surface area contributed by atoms with E-state index in [0.29, 0.717) is 0 Å². The largest absolute Gasteiger partial charge is 0.397 e. The first kappa shape index (κ1) is 12.5. The Labute approximate surface area is 76.7 Å². The number of rotatable bonds is 7. The van der Waals surface area contributed by atoms with Crippen LogP contribution in [-0.2, 0) is 19.3 Å². The normalized spacial score (nSPS) is 14.0. The molecule has 0 bridgehead atoms. The van der Waals surface area contributed by atoms with Crippen LogP contribution in [0.1, 0.15) is 0 Å². The van der Waals surface area contributed by atoms with Crippen LogP contribution >= 0.6 is 0 Å². The zero-order chi connectivity index (χ0) is 10.3. The van der Waals surface area contributed by atoms with E-state index < -0.39 is 29.7 Å². The fourth-order valence-electron chi connectivity index (χ4n) is 0.520. The highest BCUT2D eigenvalue weighted by atomic mass is 32.3. The molecule has 1 atom stereocenters. The molecule has 78 valence electrons. The molecular weight excluding hydrogens is 200 g/mol. The number of hydrogen-bond donors (Lipinski definition) is 2. The van der Waals surface area contributed by atoms with Gasteiger partial charge in [0.2, 0.25) is 0 Å². The van der Waals surface area contributed by atoms with Gasteiger partial charge in [-0.25, -0.2) is 4.18 Å². The molecule has 0 rings (SSSR count). The van der Waals surface area contributed by atoms with Crippen LogP contribution in [-0.4, -0.2) is 44.0 Å². The molecule has 0 heterocycles. The molecule has 0 aliphatic rings. The highest BCUT2D eigenvalue weighted by molar-refractivity contribution is 7.80. The number of aliphatic hydroxyl groups is 1. The Bertz CT molecular complexity index is 234. The summed E-state index contributed by atoms with van der Waals surface area (Å²) in [6, 6.07) is 0. The van der Waals surface area contributed by atoms with Gasteiger partial charge < -0.3 is 9.84 Å². The zero-order valence-corrected chi connectivity index (χ0v) is 7.74. The Morgan fingerprint density at radius 2 is 2.15 bits per heavy atom. The third kappa shape index (κ3) is 7.88. The topological polar surface area (TPSA) is 93.1 Å². The van der Waals surface area contributed by atoms with Gasteiger partial charge in [0.15, 0.2) is 0 Å². The van der Waals surface area contributed by atoms with Crippen LogP contribution in [0.4, 0.5) is 0 Å². The van der Waals surface area contributed by atoms with Crippen LogP contribution in [0.25, 0.3) is 0 Å². The van der Waals surface area contributed by atoms with Crippen LogP contribution < -0.4 is 0 Å². The molecule has 0 amide bonds. The predicted octanol–water partition coefficient (Wildman–Crippen LogP) is -0.631. The minimum Gasteiger partial charge on any atom is -0.394 e. The molecule has 0 fully saturated rings. The van der Waals surface area contributed by atoms with Crippen molar-refractivity contribution >= 4 is 10.4 Å². The van der Waals surface area contributed by atoms with Gasteiger partial charge in [-0.2, -0.15) is 8.42 Å². The Morgan fingerprint density at radius 1 is 1.54 bits per heavy atom. The number of ether oxygens (including phenoxy) is 1. The summed E-state index contributed by atoms with van der Waals surface area (Å²) < 4.78 is 37.2. The molecule has 0 saturated heterocycles. The Balaban J connectivity index is 3.78. The zero-order valence-electron chi connectivity index (χ0n) is 6.92. The first-order chi connectivity index (χ1) is 5.99. The molecule has 2 N–H and O–H groups in total. The number of aliphatic hydroxyl groups excluding tert-OH is 1. The first-order valence-corrected chi connectivity index (χ1v) is 4.81. The summed E-state index contributed by atoms with van der Waals surface area (Å²) in [6.45, 7) is 2.70. The maximum absolute atomic E-state index is 10.1. The molecule has 0 aliphatic heterocycles. The average Bonchev–Trinajstić information content (AvgIpc) is 2.03. The van der Waals surface area contributed by atoms with Crippen molar-refractivity contribution in [1.29, 1.82) is 0 Å². The van der Waals surface area contributed by atoms with E-state index in [4.69, 9.17) is 14.4 Å². The van der Waals surface area contributed by atoms with E-state index >= 15 is 0 Å². The van der Waals surface area contributed by atoms with E-state index in [1.165, 1.54) is 6.08 Å². The van der Waals surface area contributed by atoms with Gasteiger partial charge in [-0.1, -0.05) is 6.08 Å². The minimum absolute atomic E-state index is 0.167. The predicted molar refractivity (Wildman–Crippen MR) is 44.5 cm³/mol. The minimum atomic E-state index is -4.47. The molecule has 0 aromatic carbocycles. The highest BCUT2D eigenvalue weighted by Gasteiger charge is 2.12. The fourth-order valence-corrected chi connectivity index (χ4v) is 0.843. The summed E-state index contributed by atoms with van der Waals surface area (Å²) in [5.41, 5.74) is 0. The molecule has 0 radical (unpaired) electrons. The van der Waals surface area contributed by atoms with Crippen molar-refractivity contribution in [3.63, 3.8) is 0 Å². The smallest absolute Gasteiger partial charge is 0.394 e. The maximum Gasteiger partial charge on any atom is 0.397 e. The van der Waals surface area contributed by atoms with Crippen LogP contribution in [0.2, 0.25) is 0 Å². The maximum atomic E-state index is 10.1. The summed E-state index contributed by atoms with van der Waals surface area (Å²) in [5, 5.41) is 8.63. The van der Waals surface area contributed by atoms with Gasteiger partial charge in [0.05, 0.1) is 19.8 Å². The van der Waals surface area contributed by atoms with Gasteiger partial charge in [-0.15, -0.1) is 6.58 Å².